The minimum atomic E-state index is -3.57. The Morgan fingerprint density at radius 1 is 1.32 bits per heavy atom. The number of sulfonamides is 1. The largest absolute Gasteiger partial charge is 0.248 e. The van der Waals surface area contributed by atoms with Crippen LogP contribution in [0.15, 0.2) is 36.9 Å². The standard InChI is InChI=1S/C11H10Br2N2O2S2/c1-7-2-10(13)11(3-9(7)12)19(16,17)15-4-8-5-18-6-14-8/h2-3,5-6,15H,4H2,1H3. The number of nitrogens with zero attached hydrogens (tertiary/aromatic N) is 1. The summed E-state index contributed by atoms with van der Waals surface area (Å²) < 4.78 is 28.3. The van der Waals surface area contributed by atoms with Crippen LogP contribution in [-0.2, 0) is 16.6 Å². The highest BCUT2D eigenvalue weighted by Crippen LogP contribution is 2.28. The van der Waals surface area contributed by atoms with Crippen LogP contribution in [0.3, 0.4) is 0 Å². The third kappa shape index (κ3) is 3.63. The van der Waals surface area contributed by atoms with Crippen LogP contribution in [-0.4, -0.2) is 13.4 Å². The van der Waals surface area contributed by atoms with Gasteiger partial charge in [0.05, 0.1) is 22.6 Å². The van der Waals surface area contributed by atoms with Gasteiger partial charge in [0.15, 0.2) is 0 Å². The normalized spacial score (nSPS) is 11.7. The fourth-order valence-electron chi connectivity index (χ4n) is 1.41. The van der Waals surface area contributed by atoms with Gasteiger partial charge in [0.25, 0.3) is 0 Å². The summed E-state index contributed by atoms with van der Waals surface area (Å²) in [6.45, 7) is 2.08. The lowest BCUT2D eigenvalue weighted by molar-refractivity contribution is 0.580. The monoisotopic (exact) mass is 424 g/mol. The molecule has 0 bridgehead atoms. The van der Waals surface area contributed by atoms with Gasteiger partial charge < -0.3 is 0 Å². The number of hydrogen-bond acceptors (Lipinski definition) is 4. The number of halogens is 2. The maximum absolute atomic E-state index is 12.2. The molecule has 0 atom stereocenters. The van der Waals surface area contributed by atoms with E-state index in [0.717, 1.165) is 10.0 Å². The van der Waals surface area contributed by atoms with Gasteiger partial charge in [0.1, 0.15) is 0 Å². The molecule has 0 unspecified atom stereocenters. The Bertz CT molecular complexity index is 685. The second kappa shape index (κ2) is 6.01. The van der Waals surface area contributed by atoms with E-state index in [9.17, 15) is 8.42 Å². The van der Waals surface area contributed by atoms with E-state index in [1.165, 1.54) is 11.3 Å². The number of benzene rings is 1. The van der Waals surface area contributed by atoms with E-state index in [1.807, 2.05) is 12.3 Å². The number of aryl methyl sites for hydroxylation is 1. The van der Waals surface area contributed by atoms with Gasteiger partial charge >= 0.3 is 0 Å². The van der Waals surface area contributed by atoms with Gasteiger partial charge in [-0.3, -0.25) is 0 Å². The van der Waals surface area contributed by atoms with Crippen LogP contribution < -0.4 is 4.72 Å². The molecule has 0 aliphatic carbocycles. The number of thiazole rings is 1. The average Bonchev–Trinajstić information content (AvgIpc) is 2.84. The molecule has 102 valence electrons. The summed E-state index contributed by atoms with van der Waals surface area (Å²) in [5, 5.41) is 1.81. The van der Waals surface area contributed by atoms with E-state index in [-0.39, 0.29) is 11.4 Å². The van der Waals surface area contributed by atoms with Gasteiger partial charge in [-0.15, -0.1) is 11.3 Å². The maximum atomic E-state index is 12.2. The van der Waals surface area contributed by atoms with Crippen LogP contribution in [0.1, 0.15) is 11.3 Å². The molecule has 4 nitrogen and oxygen atoms in total. The summed E-state index contributed by atoms with van der Waals surface area (Å²) >= 11 is 8.05. The predicted octanol–water partition coefficient (Wildman–Crippen LogP) is 3.46. The zero-order valence-corrected chi connectivity index (χ0v) is 14.7. The van der Waals surface area contributed by atoms with Gasteiger partial charge in [-0.2, -0.15) is 0 Å². The van der Waals surface area contributed by atoms with E-state index in [0.29, 0.717) is 10.2 Å². The highest BCUT2D eigenvalue weighted by molar-refractivity contribution is 9.11. The molecule has 2 aromatic rings. The number of aromatic nitrogens is 1. The van der Waals surface area contributed by atoms with E-state index >= 15 is 0 Å². The number of nitrogens with one attached hydrogen (secondary N) is 1. The third-order valence-electron chi connectivity index (χ3n) is 2.43. The first-order valence-corrected chi connectivity index (χ1v) is 9.24. The van der Waals surface area contributed by atoms with Gasteiger partial charge in [-0.05, 0) is 40.5 Å². The molecule has 0 saturated heterocycles. The van der Waals surface area contributed by atoms with E-state index in [1.54, 1.807) is 17.6 Å². The SMILES string of the molecule is Cc1cc(Br)c(S(=O)(=O)NCc2cscn2)cc1Br. The van der Waals surface area contributed by atoms with E-state index in [4.69, 9.17) is 0 Å². The Kier molecular flexibility index (Phi) is 4.78. The second-order valence-electron chi connectivity index (χ2n) is 3.84. The van der Waals surface area contributed by atoms with Crippen LogP contribution in [0.25, 0.3) is 0 Å². The summed E-state index contributed by atoms with van der Waals surface area (Å²) in [7, 11) is -3.57. The first-order chi connectivity index (χ1) is 8.90. The topological polar surface area (TPSA) is 59.1 Å². The van der Waals surface area contributed by atoms with Crippen molar-refractivity contribution in [3.05, 3.63) is 43.2 Å². The summed E-state index contributed by atoms with van der Waals surface area (Å²) in [6.07, 6.45) is 0. The van der Waals surface area contributed by atoms with Crippen molar-refractivity contribution in [2.75, 3.05) is 0 Å². The molecule has 0 aliphatic heterocycles. The molecule has 1 heterocycles. The molecule has 0 aliphatic rings. The number of hydrogen-bond donors (Lipinski definition) is 1. The predicted molar refractivity (Wildman–Crippen MR) is 82.7 cm³/mol. The van der Waals surface area contributed by atoms with Crippen molar-refractivity contribution < 1.29 is 8.42 Å². The molecule has 1 aromatic carbocycles. The first kappa shape index (κ1) is 15.1. The lowest BCUT2D eigenvalue weighted by atomic mass is 10.2. The molecule has 0 saturated carbocycles. The van der Waals surface area contributed by atoms with Crippen LogP contribution >= 0.6 is 43.2 Å². The summed E-state index contributed by atoms with van der Waals surface area (Å²) in [5.41, 5.74) is 3.34. The molecule has 19 heavy (non-hydrogen) atoms. The van der Waals surface area contributed by atoms with Gasteiger partial charge in [0.2, 0.25) is 10.0 Å². The zero-order chi connectivity index (χ0) is 14.0. The van der Waals surface area contributed by atoms with Gasteiger partial charge in [-0.25, -0.2) is 18.1 Å². The quantitative estimate of drug-likeness (QED) is 0.815. The van der Waals surface area contributed by atoms with Crippen molar-refractivity contribution in [1.29, 1.82) is 0 Å². The number of rotatable bonds is 4. The Morgan fingerprint density at radius 3 is 2.68 bits per heavy atom. The highest BCUT2D eigenvalue weighted by atomic mass is 79.9. The van der Waals surface area contributed by atoms with Crippen LogP contribution in [0.5, 0.6) is 0 Å². The molecule has 2 rings (SSSR count). The lowest BCUT2D eigenvalue weighted by Crippen LogP contribution is -2.23. The van der Waals surface area contributed by atoms with Crippen LogP contribution in [0.4, 0.5) is 0 Å². The van der Waals surface area contributed by atoms with Crippen molar-refractivity contribution in [2.24, 2.45) is 0 Å². The molecule has 0 fully saturated rings. The lowest BCUT2D eigenvalue weighted by Gasteiger charge is -2.09. The van der Waals surface area contributed by atoms with Crippen molar-refractivity contribution in [3.8, 4) is 0 Å². The fourth-order valence-corrected chi connectivity index (χ4v) is 4.64. The molecule has 0 amide bonds. The Morgan fingerprint density at radius 2 is 2.05 bits per heavy atom. The minimum Gasteiger partial charge on any atom is -0.248 e. The molecule has 0 spiro atoms. The average molecular weight is 426 g/mol. The summed E-state index contributed by atoms with van der Waals surface area (Å²) in [5.74, 6) is 0. The van der Waals surface area contributed by atoms with Crippen molar-refractivity contribution in [3.63, 3.8) is 0 Å². The van der Waals surface area contributed by atoms with Crippen LogP contribution in [0.2, 0.25) is 0 Å². The molecule has 1 N–H and O–H groups in total. The Hall–Kier alpha value is -0.280. The summed E-state index contributed by atoms with van der Waals surface area (Å²) in [4.78, 5) is 4.25. The molecular formula is C11H10Br2N2O2S2. The van der Waals surface area contributed by atoms with Crippen LogP contribution in [0, 0.1) is 6.92 Å². The molecule has 0 radical (unpaired) electrons. The fraction of sp³-hybridized carbons (Fsp3) is 0.182. The molecule has 1 aromatic heterocycles. The van der Waals surface area contributed by atoms with E-state index < -0.39 is 10.0 Å². The maximum Gasteiger partial charge on any atom is 0.242 e. The highest BCUT2D eigenvalue weighted by Gasteiger charge is 2.19. The molecule has 8 heteroatoms. The second-order valence-corrected chi connectivity index (χ2v) is 8.00. The zero-order valence-electron chi connectivity index (χ0n) is 9.85. The smallest absolute Gasteiger partial charge is 0.242 e. The van der Waals surface area contributed by atoms with Crippen molar-refractivity contribution >= 4 is 53.2 Å². The third-order valence-corrected chi connectivity index (χ3v) is 6.28. The molecular weight excluding hydrogens is 416 g/mol. The van der Waals surface area contributed by atoms with Crippen molar-refractivity contribution in [2.45, 2.75) is 18.4 Å². The Labute approximate surface area is 132 Å². The minimum absolute atomic E-state index is 0.184. The first-order valence-electron chi connectivity index (χ1n) is 5.22. The van der Waals surface area contributed by atoms with Gasteiger partial charge in [-0.1, -0.05) is 15.9 Å². The Balaban J connectivity index is 2.27. The summed E-state index contributed by atoms with van der Waals surface area (Å²) in [6, 6.07) is 3.35. The van der Waals surface area contributed by atoms with Crippen molar-refractivity contribution in [1.82, 2.24) is 9.71 Å². The van der Waals surface area contributed by atoms with Gasteiger partial charge in [0, 0.05) is 14.3 Å². The van der Waals surface area contributed by atoms with E-state index in [2.05, 4.69) is 41.6 Å².